The van der Waals surface area contributed by atoms with Gasteiger partial charge in [-0.2, -0.15) is 0 Å². The van der Waals surface area contributed by atoms with Crippen molar-refractivity contribution in [1.82, 2.24) is 10.3 Å². The molecule has 0 unspecified atom stereocenters. The van der Waals surface area contributed by atoms with Gasteiger partial charge in [-0.25, -0.2) is 4.98 Å². The van der Waals surface area contributed by atoms with Crippen LogP contribution >= 0.6 is 11.6 Å². The monoisotopic (exact) mass is 316 g/mol. The summed E-state index contributed by atoms with van der Waals surface area (Å²) in [6.07, 6.45) is 1.34. The lowest BCUT2D eigenvalue weighted by atomic mass is 9.87. The minimum atomic E-state index is -1.20. The molecule has 2 rings (SSSR count). The van der Waals surface area contributed by atoms with Crippen LogP contribution in [0, 0.1) is 0 Å². The second kappa shape index (κ2) is 6.49. The van der Waals surface area contributed by atoms with Gasteiger partial charge < -0.3 is 15.5 Å². The number of carboxylic acids is 1. The number of nitrogens with one attached hydrogen (secondary N) is 1. The molecule has 1 aromatic carbocycles. The Balaban J connectivity index is 2.32. The molecule has 3 N–H and O–H groups in total. The van der Waals surface area contributed by atoms with Gasteiger partial charge in [0.25, 0.3) is 5.91 Å². The molecule has 8 heteroatoms. The Morgan fingerprint density at radius 3 is 2.73 bits per heavy atom. The van der Waals surface area contributed by atoms with E-state index >= 15 is 0 Å². The van der Waals surface area contributed by atoms with Crippen LogP contribution in [-0.2, 0) is 4.79 Å². The number of carbonyl (C=O) groups is 2. The lowest BCUT2D eigenvalue weighted by molar-refractivity contribution is -0.135. The fraction of sp³-hybridized carbons (Fsp3) is 0.0714. The molecule has 22 heavy (non-hydrogen) atoms. The zero-order chi connectivity index (χ0) is 16.3. The fourth-order valence-corrected chi connectivity index (χ4v) is 1.98. The molecule has 2 aromatic rings. The van der Waals surface area contributed by atoms with E-state index in [1.54, 1.807) is 18.2 Å². The molecule has 1 aromatic heterocycles. The third-order valence-electron chi connectivity index (χ3n) is 2.85. The molecule has 0 saturated heterocycles. The first-order valence-electron chi connectivity index (χ1n) is 6.13. The highest BCUT2D eigenvalue weighted by Gasteiger charge is 2.15. The number of aromatic nitrogens is 1. The van der Waals surface area contributed by atoms with Crippen molar-refractivity contribution in [2.75, 3.05) is 6.54 Å². The first-order valence-corrected chi connectivity index (χ1v) is 6.51. The largest absolute Gasteiger partial charge is 0.505 e. The van der Waals surface area contributed by atoms with Crippen molar-refractivity contribution in [1.29, 1.82) is 0 Å². The van der Waals surface area contributed by atoms with E-state index in [-0.39, 0.29) is 11.4 Å². The van der Waals surface area contributed by atoms with E-state index in [1.807, 2.05) is 0 Å². The van der Waals surface area contributed by atoms with Crippen LogP contribution in [0.5, 0.6) is 5.75 Å². The first kappa shape index (κ1) is 15.8. The summed E-state index contributed by atoms with van der Waals surface area (Å²) in [5.74, 6) is -2.37. The summed E-state index contributed by atoms with van der Waals surface area (Å²) in [6.45, 7) is -0.567. The van der Waals surface area contributed by atoms with Crippen molar-refractivity contribution in [2.24, 2.45) is 0 Å². The molecule has 0 fully saturated rings. The van der Waals surface area contributed by atoms with Gasteiger partial charge in [0.1, 0.15) is 20.1 Å². The normalized spacial score (nSPS) is 10.2. The number of nitrogens with zero attached hydrogens (tertiary/aromatic N) is 1. The van der Waals surface area contributed by atoms with Crippen molar-refractivity contribution in [2.45, 2.75) is 0 Å². The van der Waals surface area contributed by atoms with E-state index < -0.39 is 18.4 Å². The van der Waals surface area contributed by atoms with Gasteiger partial charge in [0.2, 0.25) is 0 Å². The van der Waals surface area contributed by atoms with Crippen LogP contribution in [-0.4, -0.2) is 41.5 Å². The Morgan fingerprint density at radius 2 is 2.09 bits per heavy atom. The van der Waals surface area contributed by atoms with Crippen LogP contribution in [0.15, 0.2) is 30.5 Å². The lowest BCUT2D eigenvalue weighted by Crippen LogP contribution is -2.29. The number of hydrogen-bond donors (Lipinski definition) is 3. The maximum atomic E-state index is 11.7. The number of hydrogen-bond acceptors (Lipinski definition) is 4. The average Bonchev–Trinajstić information content (AvgIpc) is 2.47. The molecular formula is C14H10BClN2O4. The molecule has 0 aliphatic heterocycles. The molecule has 6 nitrogen and oxygen atoms in total. The minimum Gasteiger partial charge on any atom is -0.505 e. The summed E-state index contributed by atoms with van der Waals surface area (Å²) in [6, 6.07) is 6.33. The average molecular weight is 317 g/mol. The van der Waals surface area contributed by atoms with Gasteiger partial charge in [0.05, 0.1) is 0 Å². The highest BCUT2D eigenvalue weighted by Crippen LogP contribution is 2.24. The van der Waals surface area contributed by atoms with E-state index in [1.165, 1.54) is 12.3 Å². The van der Waals surface area contributed by atoms with Crippen LogP contribution in [0.3, 0.4) is 0 Å². The van der Waals surface area contributed by atoms with E-state index in [9.17, 15) is 14.7 Å². The zero-order valence-electron chi connectivity index (χ0n) is 11.2. The van der Waals surface area contributed by atoms with E-state index in [0.29, 0.717) is 21.6 Å². The van der Waals surface area contributed by atoms with E-state index in [4.69, 9.17) is 24.6 Å². The molecule has 0 aliphatic rings. The molecule has 1 amide bonds. The summed E-state index contributed by atoms with van der Waals surface area (Å²) >= 11 is 5.93. The minimum absolute atomic E-state index is 0.273. The number of halogens is 1. The van der Waals surface area contributed by atoms with Crippen molar-refractivity contribution >= 4 is 36.8 Å². The smallest absolute Gasteiger partial charge is 0.322 e. The molecule has 0 saturated carbocycles. The molecular weight excluding hydrogens is 306 g/mol. The molecule has 0 atom stereocenters. The number of rotatable bonds is 4. The van der Waals surface area contributed by atoms with E-state index in [0.717, 1.165) is 0 Å². The molecule has 110 valence electrons. The quantitative estimate of drug-likeness (QED) is 0.722. The number of aromatic hydroxyl groups is 1. The van der Waals surface area contributed by atoms with Gasteiger partial charge in [0.15, 0.2) is 5.69 Å². The summed E-state index contributed by atoms with van der Waals surface area (Å²) in [5, 5.41) is 20.9. The third-order valence-corrected chi connectivity index (χ3v) is 3.18. The summed E-state index contributed by atoms with van der Waals surface area (Å²) in [4.78, 5) is 26.0. The third kappa shape index (κ3) is 3.37. The van der Waals surface area contributed by atoms with Gasteiger partial charge in [-0.3, -0.25) is 9.59 Å². The number of amides is 1. The summed E-state index contributed by atoms with van der Waals surface area (Å²) in [5.41, 5.74) is 1.10. The Hall–Kier alpha value is -2.54. The van der Waals surface area contributed by atoms with Gasteiger partial charge in [-0.05, 0) is 17.7 Å². The number of benzene rings is 1. The highest BCUT2D eigenvalue weighted by atomic mass is 35.5. The SMILES string of the molecule is [B]c1c(Cl)cccc1-c1cnc(C(=O)NCC(=O)O)c(O)c1. The van der Waals surface area contributed by atoms with Crippen LogP contribution in [0.2, 0.25) is 5.02 Å². The molecule has 0 bridgehead atoms. The standard InChI is InChI=1S/C14H10BClN2O4/c15-12-8(2-1-3-9(12)16)7-4-10(19)13(17-5-7)14(22)18-6-11(20)21/h1-5,19H,6H2,(H,18,22)(H,20,21). The number of carbonyl (C=O) groups excluding carboxylic acids is 1. The van der Waals surface area contributed by atoms with Crippen LogP contribution in [0.4, 0.5) is 0 Å². The lowest BCUT2D eigenvalue weighted by Gasteiger charge is -2.10. The highest BCUT2D eigenvalue weighted by molar-refractivity contribution is 6.47. The molecule has 0 aliphatic carbocycles. The summed E-state index contributed by atoms with van der Waals surface area (Å²) < 4.78 is 0. The second-order valence-corrected chi connectivity index (χ2v) is 4.78. The topological polar surface area (TPSA) is 99.5 Å². The van der Waals surface area contributed by atoms with Crippen molar-refractivity contribution in [3.63, 3.8) is 0 Å². The predicted molar refractivity (Wildman–Crippen MR) is 81.7 cm³/mol. The number of carboxylic acid groups (broad SMARTS) is 1. The Kier molecular flexibility index (Phi) is 4.67. The predicted octanol–water partition coefficient (Wildman–Crippen LogP) is 0.716. The van der Waals surface area contributed by atoms with Crippen LogP contribution in [0.1, 0.15) is 10.5 Å². The molecule has 2 radical (unpaired) electrons. The number of pyridine rings is 1. The zero-order valence-corrected chi connectivity index (χ0v) is 12.0. The second-order valence-electron chi connectivity index (χ2n) is 4.37. The maximum Gasteiger partial charge on any atom is 0.322 e. The Labute approximate surface area is 132 Å². The van der Waals surface area contributed by atoms with E-state index in [2.05, 4.69) is 10.3 Å². The maximum absolute atomic E-state index is 11.7. The Bertz CT molecular complexity index is 752. The van der Waals surface area contributed by atoms with Gasteiger partial charge in [-0.15, -0.1) is 0 Å². The van der Waals surface area contributed by atoms with Crippen LogP contribution in [0.25, 0.3) is 11.1 Å². The Morgan fingerprint density at radius 1 is 1.36 bits per heavy atom. The first-order chi connectivity index (χ1) is 10.4. The van der Waals surface area contributed by atoms with Crippen LogP contribution < -0.4 is 10.8 Å². The van der Waals surface area contributed by atoms with Crippen molar-refractivity contribution in [3.05, 3.63) is 41.2 Å². The van der Waals surface area contributed by atoms with Gasteiger partial charge in [0, 0.05) is 16.8 Å². The molecule has 1 heterocycles. The van der Waals surface area contributed by atoms with Crippen molar-refractivity contribution < 1.29 is 19.8 Å². The molecule has 0 spiro atoms. The van der Waals surface area contributed by atoms with Gasteiger partial charge in [-0.1, -0.05) is 29.2 Å². The summed E-state index contributed by atoms with van der Waals surface area (Å²) in [7, 11) is 5.86. The number of aliphatic carboxylic acids is 1. The fourth-order valence-electron chi connectivity index (χ4n) is 1.80. The van der Waals surface area contributed by atoms with Crippen molar-refractivity contribution in [3.8, 4) is 16.9 Å². The van der Waals surface area contributed by atoms with Gasteiger partial charge >= 0.3 is 5.97 Å².